The molecular weight excluding hydrogens is 236 g/mol. The summed E-state index contributed by atoms with van der Waals surface area (Å²) in [4.78, 5) is 12.5. The van der Waals surface area contributed by atoms with Gasteiger partial charge in [-0.25, -0.2) is 0 Å². The number of rotatable bonds is 2. The van der Waals surface area contributed by atoms with Gasteiger partial charge in [0.15, 0.2) is 5.78 Å². The molecule has 0 aromatic heterocycles. The first-order chi connectivity index (χ1) is 7.69. The summed E-state index contributed by atoms with van der Waals surface area (Å²) in [6.45, 7) is 2.05. The van der Waals surface area contributed by atoms with E-state index in [2.05, 4.69) is 19.1 Å². The van der Waals surface area contributed by atoms with Gasteiger partial charge in [0.1, 0.15) is 0 Å². The molecular formula is C13H12OS2. The Morgan fingerprint density at radius 2 is 2.19 bits per heavy atom. The third kappa shape index (κ3) is 2.60. The number of hydrogen-bond donors (Lipinski definition) is 0. The average molecular weight is 248 g/mol. The van der Waals surface area contributed by atoms with Crippen molar-refractivity contribution in [1.82, 2.24) is 0 Å². The lowest BCUT2D eigenvalue weighted by atomic mass is 10.1. The van der Waals surface area contributed by atoms with Gasteiger partial charge in [-0.3, -0.25) is 4.79 Å². The van der Waals surface area contributed by atoms with Gasteiger partial charge in [0.25, 0.3) is 0 Å². The van der Waals surface area contributed by atoms with E-state index in [1.165, 1.54) is 5.56 Å². The molecule has 0 saturated carbocycles. The lowest BCUT2D eigenvalue weighted by molar-refractivity contribution is -0.110. The lowest BCUT2D eigenvalue weighted by Crippen LogP contribution is -1.88. The summed E-state index contributed by atoms with van der Waals surface area (Å²) in [5, 5.41) is 0. The van der Waals surface area contributed by atoms with Crippen molar-refractivity contribution in [2.24, 2.45) is 0 Å². The van der Waals surface area contributed by atoms with Crippen LogP contribution in [0.4, 0.5) is 0 Å². The average Bonchev–Trinajstić information content (AvgIpc) is 2.60. The quantitative estimate of drug-likeness (QED) is 0.740. The van der Waals surface area contributed by atoms with Crippen LogP contribution in [0.15, 0.2) is 39.5 Å². The van der Waals surface area contributed by atoms with Crippen LogP contribution < -0.4 is 0 Å². The smallest absolute Gasteiger partial charge is 0.194 e. The summed E-state index contributed by atoms with van der Waals surface area (Å²) in [5.74, 6) is 0.121. The topological polar surface area (TPSA) is 17.1 Å². The molecule has 1 aliphatic heterocycles. The van der Waals surface area contributed by atoms with E-state index in [0.717, 1.165) is 14.7 Å². The minimum atomic E-state index is 0.121. The van der Waals surface area contributed by atoms with Gasteiger partial charge < -0.3 is 0 Å². The first-order valence-electron chi connectivity index (χ1n) is 4.95. The number of benzene rings is 1. The van der Waals surface area contributed by atoms with Gasteiger partial charge in [-0.05, 0) is 24.8 Å². The Hall–Kier alpha value is -0.930. The van der Waals surface area contributed by atoms with E-state index in [4.69, 9.17) is 0 Å². The number of thioether (sulfide) groups is 2. The maximum atomic E-state index is 11.7. The molecule has 1 heterocycles. The summed E-state index contributed by atoms with van der Waals surface area (Å²) in [6, 6.07) is 8.16. The lowest BCUT2D eigenvalue weighted by Gasteiger charge is -1.98. The molecule has 0 radical (unpaired) electrons. The van der Waals surface area contributed by atoms with Crippen molar-refractivity contribution < 1.29 is 4.79 Å². The molecule has 3 heteroatoms. The number of hydrogen-bond acceptors (Lipinski definition) is 3. The molecule has 0 N–H and O–H groups in total. The fourth-order valence-corrected chi connectivity index (χ4v) is 3.04. The zero-order chi connectivity index (χ0) is 11.5. The van der Waals surface area contributed by atoms with E-state index >= 15 is 0 Å². The predicted molar refractivity (Wildman–Crippen MR) is 73.4 cm³/mol. The second-order valence-corrected chi connectivity index (χ2v) is 5.75. The largest absolute Gasteiger partial charge is 0.289 e. The van der Waals surface area contributed by atoms with Crippen molar-refractivity contribution in [3.8, 4) is 0 Å². The predicted octanol–water partition coefficient (Wildman–Crippen LogP) is 3.86. The van der Waals surface area contributed by atoms with E-state index in [1.54, 1.807) is 29.6 Å². The molecule has 0 aliphatic carbocycles. The van der Waals surface area contributed by atoms with Crippen molar-refractivity contribution in [2.75, 3.05) is 6.26 Å². The highest BCUT2D eigenvalue weighted by atomic mass is 32.2. The highest BCUT2D eigenvalue weighted by Gasteiger charge is 2.18. The highest BCUT2D eigenvalue weighted by Crippen LogP contribution is 2.40. The summed E-state index contributed by atoms with van der Waals surface area (Å²) >= 11 is 3.17. The summed E-state index contributed by atoms with van der Waals surface area (Å²) in [5.41, 5.74) is 2.30. The minimum absolute atomic E-state index is 0.121. The van der Waals surface area contributed by atoms with Crippen LogP contribution >= 0.6 is 23.5 Å². The third-order valence-electron chi connectivity index (χ3n) is 2.24. The first-order valence-corrected chi connectivity index (χ1v) is 6.99. The second-order valence-electron chi connectivity index (χ2n) is 3.56. The number of aryl methyl sites for hydroxylation is 1. The minimum Gasteiger partial charge on any atom is -0.289 e. The van der Waals surface area contributed by atoms with Gasteiger partial charge >= 0.3 is 0 Å². The van der Waals surface area contributed by atoms with Crippen LogP contribution in [0.3, 0.4) is 0 Å². The van der Waals surface area contributed by atoms with E-state index in [9.17, 15) is 4.79 Å². The molecule has 1 nitrogen and oxygen atoms in total. The standard InChI is InChI=1S/C13H12OS2/c1-9-4-3-5-10(6-9)7-12-11(14)8-13(15-2)16-12/h3-8H,1-2H3. The monoisotopic (exact) mass is 248 g/mol. The van der Waals surface area contributed by atoms with Gasteiger partial charge in [-0.1, -0.05) is 41.6 Å². The molecule has 0 unspecified atom stereocenters. The van der Waals surface area contributed by atoms with Crippen molar-refractivity contribution in [2.45, 2.75) is 6.92 Å². The molecule has 0 saturated heterocycles. The van der Waals surface area contributed by atoms with Crippen molar-refractivity contribution in [3.05, 3.63) is 50.6 Å². The maximum Gasteiger partial charge on any atom is 0.194 e. The Labute approximate surface area is 104 Å². The van der Waals surface area contributed by atoms with Crippen LogP contribution in [-0.4, -0.2) is 12.0 Å². The Balaban J connectivity index is 2.24. The fraction of sp³-hybridized carbons (Fsp3) is 0.154. The van der Waals surface area contributed by atoms with Crippen LogP contribution in [0.1, 0.15) is 11.1 Å². The van der Waals surface area contributed by atoms with Gasteiger partial charge in [-0.15, -0.1) is 11.8 Å². The Kier molecular flexibility index (Phi) is 3.56. The molecule has 0 atom stereocenters. The zero-order valence-electron chi connectivity index (χ0n) is 9.19. The molecule has 1 aromatic carbocycles. The molecule has 1 aromatic rings. The fourth-order valence-electron chi connectivity index (χ4n) is 1.48. The van der Waals surface area contributed by atoms with Gasteiger partial charge in [0.05, 0.1) is 4.91 Å². The summed E-state index contributed by atoms with van der Waals surface area (Å²) in [6.07, 6.45) is 5.65. The van der Waals surface area contributed by atoms with E-state index in [-0.39, 0.29) is 5.78 Å². The summed E-state index contributed by atoms with van der Waals surface area (Å²) < 4.78 is 1.07. The maximum absolute atomic E-state index is 11.7. The third-order valence-corrected chi connectivity index (χ3v) is 4.37. The highest BCUT2D eigenvalue weighted by molar-refractivity contribution is 8.24. The zero-order valence-corrected chi connectivity index (χ0v) is 10.8. The van der Waals surface area contributed by atoms with Crippen LogP contribution in [0.2, 0.25) is 0 Å². The molecule has 0 bridgehead atoms. The molecule has 0 spiro atoms. The normalized spacial score (nSPS) is 18.0. The van der Waals surface area contributed by atoms with E-state index in [0.29, 0.717) is 0 Å². The number of ketones is 1. The SMILES string of the molecule is CSC1=CC(=O)C(=Cc2cccc(C)c2)S1. The number of allylic oxidation sites excluding steroid dienone is 2. The van der Waals surface area contributed by atoms with E-state index in [1.807, 2.05) is 24.5 Å². The van der Waals surface area contributed by atoms with Gasteiger partial charge in [0, 0.05) is 10.3 Å². The molecule has 1 aliphatic rings. The first kappa shape index (κ1) is 11.6. The Morgan fingerprint density at radius 1 is 1.38 bits per heavy atom. The Morgan fingerprint density at radius 3 is 2.81 bits per heavy atom. The second kappa shape index (κ2) is 4.93. The van der Waals surface area contributed by atoms with Crippen molar-refractivity contribution in [3.63, 3.8) is 0 Å². The molecule has 82 valence electrons. The van der Waals surface area contributed by atoms with Crippen molar-refractivity contribution in [1.29, 1.82) is 0 Å². The number of carbonyl (C=O) groups is 1. The number of carbonyl (C=O) groups excluding carboxylic acids is 1. The molecule has 0 amide bonds. The van der Waals surface area contributed by atoms with Crippen molar-refractivity contribution >= 4 is 35.4 Å². The van der Waals surface area contributed by atoms with Gasteiger partial charge in [0.2, 0.25) is 0 Å². The Bertz CT molecular complexity index is 486. The van der Waals surface area contributed by atoms with E-state index < -0.39 is 0 Å². The molecule has 0 fully saturated rings. The van der Waals surface area contributed by atoms with Crippen LogP contribution in [0.25, 0.3) is 6.08 Å². The molecule has 16 heavy (non-hydrogen) atoms. The molecule has 2 rings (SSSR count). The van der Waals surface area contributed by atoms with Crippen LogP contribution in [0, 0.1) is 6.92 Å². The van der Waals surface area contributed by atoms with Crippen LogP contribution in [0.5, 0.6) is 0 Å². The van der Waals surface area contributed by atoms with Gasteiger partial charge in [-0.2, -0.15) is 0 Å². The van der Waals surface area contributed by atoms with Crippen LogP contribution in [-0.2, 0) is 4.79 Å². The summed E-state index contributed by atoms with van der Waals surface area (Å²) in [7, 11) is 0.